The molecular formula is C42H48Br2N6O6S2. The fourth-order valence-electron chi connectivity index (χ4n) is 7.56. The summed E-state index contributed by atoms with van der Waals surface area (Å²) in [5, 5.41) is 11.9. The van der Waals surface area contributed by atoms with Crippen LogP contribution in [-0.2, 0) is 44.7 Å². The standard InChI is InChI=1S/2C21H24BrN3O3S/c2*1-25-9-6-14-2-3-16(12-15(14)7-10-25)23-20(27)21(8-11-28-13-21)24-19(26)17-4-5-18(22)29-17/h2*2-5,12H,6-11,13H2,1H3,(H,23,27)(H,24,26)/t2*21-/m10/s1. The van der Waals surface area contributed by atoms with E-state index in [4.69, 9.17) is 9.47 Å². The fourth-order valence-corrected chi connectivity index (χ4v) is 10.1. The summed E-state index contributed by atoms with van der Waals surface area (Å²) in [5.41, 5.74) is 4.63. The van der Waals surface area contributed by atoms with Crippen LogP contribution in [-0.4, -0.2) is 111 Å². The van der Waals surface area contributed by atoms with Crippen LogP contribution in [0.15, 0.2) is 68.2 Å². The maximum atomic E-state index is 13.2. The van der Waals surface area contributed by atoms with Crippen LogP contribution < -0.4 is 21.3 Å². The lowest BCUT2D eigenvalue weighted by Crippen LogP contribution is -2.57. The van der Waals surface area contributed by atoms with E-state index in [2.05, 4.69) is 101 Å². The van der Waals surface area contributed by atoms with Gasteiger partial charge in [0.25, 0.3) is 23.6 Å². The highest BCUT2D eigenvalue weighted by Gasteiger charge is 2.45. The third kappa shape index (κ3) is 10.3. The number of hydrogen-bond acceptors (Lipinski definition) is 10. The van der Waals surface area contributed by atoms with Gasteiger partial charge in [-0.05, 0) is 142 Å². The smallest absolute Gasteiger partial charge is 0.262 e. The van der Waals surface area contributed by atoms with E-state index in [0.717, 1.165) is 70.8 Å². The number of nitrogens with one attached hydrogen (secondary N) is 4. The summed E-state index contributed by atoms with van der Waals surface area (Å²) < 4.78 is 12.7. The lowest BCUT2D eigenvalue weighted by atomic mass is 9.96. The van der Waals surface area contributed by atoms with Gasteiger partial charge in [0.2, 0.25) is 0 Å². The van der Waals surface area contributed by atoms with E-state index in [1.165, 1.54) is 44.9 Å². The maximum Gasteiger partial charge on any atom is 0.262 e. The van der Waals surface area contributed by atoms with Gasteiger partial charge in [0, 0.05) is 63.6 Å². The molecule has 16 heteroatoms. The van der Waals surface area contributed by atoms with Gasteiger partial charge in [-0.15, -0.1) is 22.7 Å². The van der Waals surface area contributed by atoms with Crippen molar-refractivity contribution in [2.24, 2.45) is 0 Å². The highest BCUT2D eigenvalue weighted by molar-refractivity contribution is 9.11. The molecule has 58 heavy (non-hydrogen) atoms. The van der Waals surface area contributed by atoms with Crippen molar-refractivity contribution in [2.45, 2.75) is 49.6 Å². The number of halogens is 2. The molecule has 0 saturated carbocycles. The number of amides is 4. The first-order valence-electron chi connectivity index (χ1n) is 19.5. The Balaban J connectivity index is 0.000000177. The van der Waals surface area contributed by atoms with Crippen LogP contribution in [0.1, 0.15) is 54.4 Å². The molecule has 308 valence electrons. The van der Waals surface area contributed by atoms with Crippen LogP contribution in [0.2, 0.25) is 0 Å². The number of anilines is 2. The molecule has 2 aromatic carbocycles. The van der Waals surface area contributed by atoms with Crippen LogP contribution in [0.25, 0.3) is 0 Å². The van der Waals surface area contributed by atoms with Gasteiger partial charge >= 0.3 is 0 Å². The molecule has 4 amide bonds. The summed E-state index contributed by atoms with van der Waals surface area (Å²) in [6.45, 7) is 5.34. The highest BCUT2D eigenvalue weighted by Crippen LogP contribution is 2.29. The topological polar surface area (TPSA) is 141 Å². The van der Waals surface area contributed by atoms with E-state index in [1.54, 1.807) is 12.1 Å². The van der Waals surface area contributed by atoms with E-state index >= 15 is 0 Å². The summed E-state index contributed by atoms with van der Waals surface area (Å²) in [5.74, 6) is -0.980. The minimum atomic E-state index is -1.06. The lowest BCUT2D eigenvalue weighted by molar-refractivity contribution is -0.122. The summed E-state index contributed by atoms with van der Waals surface area (Å²) in [7, 11) is 4.26. The molecule has 0 bridgehead atoms. The number of nitrogens with zero attached hydrogens (tertiary/aromatic N) is 2. The van der Waals surface area contributed by atoms with E-state index < -0.39 is 11.1 Å². The van der Waals surface area contributed by atoms with Gasteiger partial charge in [-0.3, -0.25) is 19.2 Å². The monoisotopic (exact) mass is 954 g/mol. The molecular weight excluding hydrogens is 908 g/mol. The zero-order valence-electron chi connectivity index (χ0n) is 32.6. The number of carbonyl (C=O) groups is 4. The quantitative estimate of drug-likeness (QED) is 0.165. The average molecular weight is 957 g/mol. The Morgan fingerprint density at radius 2 is 0.983 bits per heavy atom. The molecule has 0 spiro atoms. The van der Waals surface area contributed by atoms with Gasteiger partial charge in [-0.25, -0.2) is 0 Å². The van der Waals surface area contributed by atoms with Gasteiger partial charge in [-0.2, -0.15) is 0 Å². The average Bonchev–Trinajstić information content (AvgIpc) is 4.02. The molecule has 4 N–H and O–H groups in total. The molecule has 4 aliphatic rings. The first-order chi connectivity index (χ1) is 27.9. The van der Waals surface area contributed by atoms with Crippen molar-refractivity contribution < 1.29 is 28.7 Å². The zero-order chi connectivity index (χ0) is 40.9. The fraction of sp³-hybridized carbons (Fsp3) is 0.429. The molecule has 0 radical (unpaired) electrons. The first kappa shape index (κ1) is 42.6. The number of likely N-dealkylation sites (N-methyl/N-ethyl adjacent to an activating group) is 2. The number of benzene rings is 2. The molecule has 2 aromatic heterocycles. The van der Waals surface area contributed by atoms with E-state index in [9.17, 15) is 19.2 Å². The van der Waals surface area contributed by atoms with E-state index in [1.807, 2.05) is 24.3 Å². The number of carbonyl (C=O) groups excluding carboxylic acids is 4. The Hall–Kier alpha value is -3.48. The molecule has 12 nitrogen and oxygen atoms in total. The SMILES string of the molecule is CN1CCc2ccc(NC(=O)[C@@]3(NC(=O)c4ccc(Br)s4)CCOC3)cc2CC1.CN1CCc2ccc(NC(=O)[C@]3(NC(=O)c4ccc(Br)s4)CCOC3)cc2CC1. The van der Waals surface area contributed by atoms with Gasteiger partial charge in [0.05, 0.1) is 30.5 Å². The number of thiophene rings is 2. The maximum absolute atomic E-state index is 13.2. The molecule has 2 atom stereocenters. The number of rotatable bonds is 8. The molecule has 2 fully saturated rings. The van der Waals surface area contributed by atoms with Crippen molar-refractivity contribution in [3.05, 3.63) is 100 Å². The second kappa shape index (κ2) is 18.8. The van der Waals surface area contributed by atoms with Gasteiger partial charge < -0.3 is 40.5 Å². The van der Waals surface area contributed by atoms with Crippen molar-refractivity contribution in [3.8, 4) is 0 Å². The summed E-state index contributed by atoms with van der Waals surface area (Å²) >= 11 is 9.42. The van der Waals surface area contributed by atoms with Crippen molar-refractivity contribution in [3.63, 3.8) is 0 Å². The highest BCUT2D eigenvalue weighted by atomic mass is 79.9. The number of hydrogen-bond donors (Lipinski definition) is 4. The van der Waals surface area contributed by atoms with Gasteiger partial charge in [0.1, 0.15) is 11.1 Å². The molecule has 6 heterocycles. The van der Waals surface area contributed by atoms with Gasteiger partial charge in [-0.1, -0.05) is 12.1 Å². The molecule has 4 aliphatic heterocycles. The predicted octanol–water partition coefficient (Wildman–Crippen LogP) is 6.14. The van der Waals surface area contributed by atoms with E-state index in [-0.39, 0.29) is 36.8 Å². The zero-order valence-corrected chi connectivity index (χ0v) is 37.4. The van der Waals surface area contributed by atoms with Crippen molar-refractivity contribution in [1.82, 2.24) is 20.4 Å². The summed E-state index contributed by atoms with van der Waals surface area (Å²) in [4.78, 5) is 57.5. The molecule has 2 saturated heterocycles. The van der Waals surface area contributed by atoms with E-state index in [0.29, 0.717) is 35.8 Å². The minimum Gasteiger partial charge on any atom is -0.378 e. The Morgan fingerprint density at radius 3 is 1.33 bits per heavy atom. The number of ether oxygens (including phenoxy) is 2. The van der Waals surface area contributed by atoms with Crippen LogP contribution in [0.4, 0.5) is 11.4 Å². The minimum absolute atomic E-state index is 0.173. The Morgan fingerprint density at radius 1 is 0.586 bits per heavy atom. The molecule has 8 rings (SSSR count). The largest absolute Gasteiger partial charge is 0.378 e. The Bertz CT molecular complexity index is 2000. The van der Waals surface area contributed by atoms with Crippen LogP contribution >= 0.6 is 54.5 Å². The predicted molar refractivity (Wildman–Crippen MR) is 235 cm³/mol. The summed E-state index contributed by atoms with van der Waals surface area (Å²) in [6.07, 6.45) is 4.87. The van der Waals surface area contributed by atoms with Crippen molar-refractivity contribution >= 4 is 89.5 Å². The molecule has 4 aromatic rings. The molecule has 0 aliphatic carbocycles. The number of fused-ring (bicyclic) bond motifs is 2. The lowest BCUT2D eigenvalue weighted by Gasteiger charge is -2.27. The van der Waals surface area contributed by atoms with Crippen LogP contribution in [0.5, 0.6) is 0 Å². The molecule has 0 unspecified atom stereocenters. The third-order valence-electron chi connectivity index (χ3n) is 11.2. The first-order valence-corrected chi connectivity index (χ1v) is 22.7. The van der Waals surface area contributed by atoms with Crippen LogP contribution in [0, 0.1) is 0 Å². The second-order valence-electron chi connectivity index (χ2n) is 15.4. The Kier molecular flexibility index (Phi) is 13.8. The van der Waals surface area contributed by atoms with Crippen LogP contribution in [0.3, 0.4) is 0 Å². The summed E-state index contributed by atoms with van der Waals surface area (Å²) in [6, 6.07) is 19.4. The Labute approximate surface area is 363 Å². The van der Waals surface area contributed by atoms with Crippen molar-refractivity contribution in [2.75, 3.05) is 77.3 Å². The van der Waals surface area contributed by atoms with Crippen molar-refractivity contribution in [1.29, 1.82) is 0 Å². The van der Waals surface area contributed by atoms with Gasteiger partial charge in [0.15, 0.2) is 0 Å². The normalized spacial score (nSPS) is 22.0. The third-order valence-corrected chi connectivity index (χ3v) is 14.4. The second-order valence-corrected chi connectivity index (χ2v) is 20.3.